The SMILES string of the molecule is CCOc1ccccc1Nc1ccc(C(=O)Nc2ccc(Cl)cc2)cn1. The first-order valence-electron chi connectivity index (χ1n) is 8.17. The Kier molecular flexibility index (Phi) is 5.71. The van der Waals surface area contributed by atoms with Crippen LogP contribution < -0.4 is 15.4 Å². The third-order valence-electron chi connectivity index (χ3n) is 3.58. The van der Waals surface area contributed by atoms with Crippen molar-refractivity contribution in [3.05, 3.63) is 77.4 Å². The van der Waals surface area contributed by atoms with Crippen LogP contribution in [0.25, 0.3) is 0 Å². The van der Waals surface area contributed by atoms with Crippen molar-refractivity contribution in [3.63, 3.8) is 0 Å². The van der Waals surface area contributed by atoms with Gasteiger partial charge in [-0.15, -0.1) is 0 Å². The van der Waals surface area contributed by atoms with Crippen LogP contribution in [0.2, 0.25) is 5.02 Å². The van der Waals surface area contributed by atoms with Crippen LogP contribution >= 0.6 is 11.6 Å². The van der Waals surface area contributed by atoms with E-state index in [1.165, 1.54) is 6.20 Å². The Hall–Kier alpha value is -3.05. The molecule has 0 saturated carbocycles. The molecule has 5 nitrogen and oxygen atoms in total. The van der Waals surface area contributed by atoms with Gasteiger partial charge in [-0.2, -0.15) is 0 Å². The normalized spacial score (nSPS) is 10.2. The molecule has 3 aromatic rings. The topological polar surface area (TPSA) is 63.2 Å². The molecule has 0 spiro atoms. The molecule has 26 heavy (non-hydrogen) atoms. The van der Waals surface area contributed by atoms with Crippen molar-refractivity contribution < 1.29 is 9.53 Å². The summed E-state index contributed by atoms with van der Waals surface area (Å²) in [7, 11) is 0. The quantitative estimate of drug-likeness (QED) is 0.634. The molecular formula is C20H18ClN3O2. The van der Waals surface area contributed by atoms with E-state index in [1.807, 2.05) is 31.2 Å². The zero-order chi connectivity index (χ0) is 18.4. The molecular weight excluding hydrogens is 350 g/mol. The molecule has 0 radical (unpaired) electrons. The summed E-state index contributed by atoms with van der Waals surface area (Å²) in [6, 6.07) is 18.0. The summed E-state index contributed by atoms with van der Waals surface area (Å²) in [5, 5.41) is 6.62. The zero-order valence-electron chi connectivity index (χ0n) is 14.2. The van der Waals surface area contributed by atoms with E-state index in [9.17, 15) is 4.79 Å². The number of benzene rings is 2. The zero-order valence-corrected chi connectivity index (χ0v) is 15.0. The van der Waals surface area contributed by atoms with Gasteiger partial charge in [0.1, 0.15) is 11.6 Å². The fourth-order valence-corrected chi connectivity index (χ4v) is 2.45. The summed E-state index contributed by atoms with van der Waals surface area (Å²) in [5.74, 6) is 1.14. The van der Waals surface area contributed by atoms with Gasteiger partial charge in [-0.25, -0.2) is 4.98 Å². The van der Waals surface area contributed by atoms with E-state index in [0.717, 1.165) is 11.4 Å². The average molecular weight is 368 g/mol. The molecule has 1 heterocycles. The van der Waals surface area contributed by atoms with Gasteiger partial charge in [0.05, 0.1) is 17.9 Å². The average Bonchev–Trinajstić information content (AvgIpc) is 2.66. The Labute approximate surface area is 157 Å². The second-order valence-electron chi connectivity index (χ2n) is 5.45. The van der Waals surface area contributed by atoms with E-state index in [0.29, 0.717) is 28.7 Å². The fraction of sp³-hybridized carbons (Fsp3) is 0.100. The van der Waals surface area contributed by atoms with E-state index >= 15 is 0 Å². The van der Waals surface area contributed by atoms with Crippen LogP contribution in [-0.4, -0.2) is 17.5 Å². The lowest BCUT2D eigenvalue weighted by Gasteiger charge is -2.12. The Morgan fingerprint density at radius 3 is 2.54 bits per heavy atom. The highest BCUT2D eigenvalue weighted by atomic mass is 35.5. The van der Waals surface area contributed by atoms with Gasteiger partial charge < -0.3 is 15.4 Å². The van der Waals surface area contributed by atoms with Gasteiger partial charge in [-0.1, -0.05) is 23.7 Å². The number of pyridine rings is 1. The minimum absolute atomic E-state index is 0.235. The van der Waals surface area contributed by atoms with E-state index in [1.54, 1.807) is 36.4 Å². The van der Waals surface area contributed by atoms with Gasteiger partial charge in [-0.3, -0.25) is 4.79 Å². The Bertz CT molecular complexity index is 880. The van der Waals surface area contributed by atoms with Crippen molar-refractivity contribution in [3.8, 4) is 5.75 Å². The lowest BCUT2D eigenvalue weighted by atomic mass is 10.2. The summed E-state index contributed by atoms with van der Waals surface area (Å²) >= 11 is 5.84. The van der Waals surface area contributed by atoms with Crippen LogP contribution in [0.3, 0.4) is 0 Å². The van der Waals surface area contributed by atoms with Gasteiger partial charge in [0, 0.05) is 16.9 Å². The second kappa shape index (κ2) is 8.36. The Morgan fingerprint density at radius 2 is 1.85 bits per heavy atom. The van der Waals surface area contributed by atoms with E-state index < -0.39 is 0 Å². The van der Waals surface area contributed by atoms with Crippen LogP contribution in [0, 0.1) is 0 Å². The molecule has 2 aromatic carbocycles. The van der Waals surface area contributed by atoms with Crippen molar-refractivity contribution in [1.82, 2.24) is 4.98 Å². The lowest BCUT2D eigenvalue weighted by molar-refractivity contribution is 0.102. The van der Waals surface area contributed by atoms with Crippen molar-refractivity contribution in [2.75, 3.05) is 17.2 Å². The fourth-order valence-electron chi connectivity index (χ4n) is 2.33. The first kappa shape index (κ1) is 17.8. The van der Waals surface area contributed by atoms with E-state index in [-0.39, 0.29) is 5.91 Å². The smallest absolute Gasteiger partial charge is 0.257 e. The van der Waals surface area contributed by atoms with Crippen LogP contribution in [-0.2, 0) is 0 Å². The van der Waals surface area contributed by atoms with Crippen molar-refractivity contribution in [2.45, 2.75) is 6.92 Å². The molecule has 0 unspecified atom stereocenters. The number of hydrogen-bond donors (Lipinski definition) is 2. The van der Waals surface area contributed by atoms with E-state index in [4.69, 9.17) is 16.3 Å². The molecule has 2 N–H and O–H groups in total. The number of rotatable bonds is 6. The molecule has 1 aromatic heterocycles. The molecule has 0 fully saturated rings. The summed E-state index contributed by atoms with van der Waals surface area (Å²) < 4.78 is 5.58. The number of carbonyl (C=O) groups is 1. The summed E-state index contributed by atoms with van der Waals surface area (Å²) in [6.45, 7) is 2.51. The van der Waals surface area contributed by atoms with Gasteiger partial charge in [0.25, 0.3) is 5.91 Å². The van der Waals surface area contributed by atoms with Gasteiger partial charge in [0.2, 0.25) is 0 Å². The van der Waals surface area contributed by atoms with Crippen LogP contribution in [0.15, 0.2) is 66.9 Å². The third kappa shape index (κ3) is 4.52. The number of halogens is 1. The maximum atomic E-state index is 12.3. The second-order valence-corrected chi connectivity index (χ2v) is 5.88. The number of para-hydroxylation sites is 2. The maximum Gasteiger partial charge on any atom is 0.257 e. The molecule has 1 amide bonds. The van der Waals surface area contributed by atoms with Gasteiger partial charge in [-0.05, 0) is 55.5 Å². The molecule has 132 valence electrons. The number of nitrogens with one attached hydrogen (secondary N) is 2. The molecule has 0 aliphatic heterocycles. The maximum absolute atomic E-state index is 12.3. The minimum atomic E-state index is -0.235. The predicted octanol–water partition coefficient (Wildman–Crippen LogP) is 5.13. The number of amides is 1. The molecule has 3 rings (SSSR count). The minimum Gasteiger partial charge on any atom is -0.492 e. The summed E-state index contributed by atoms with van der Waals surface area (Å²) in [5.41, 5.74) is 1.95. The van der Waals surface area contributed by atoms with Crippen molar-refractivity contribution in [2.24, 2.45) is 0 Å². The van der Waals surface area contributed by atoms with Crippen LogP contribution in [0.1, 0.15) is 17.3 Å². The van der Waals surface area contributed by atoms with Crippen molar-refractivity contribution in [1.29, 1.82) is 0 Å². The summed E-state index contributed by atoms with van der Waals surface area (Å²) in [6.07, 6.45) is 1.52. The number of ether oxygens (including phenoxy) is 1. The standard InChI is InChI=1S/C20H18ClN3O2/c1-2-26-18-6-4-3-5-17(18)24-19-12-7-14(13-22-19)20(25)23-16-10-8-15(21)9-11-16/h3-13H,2H2,1H3,(H,22,24)(H,23,25). The van der Waals surface area contributed by atoms with Crippen LogP contribution in [0.5, 0.6) is 5.75 Å². The molecule has 0 saturated heterocycles. The number of carbonyl (C=O) groups excluding carboxylic acids is 1. The van der Waals surface area contributed by atoms with Crippen LogP contribution in [0.4, 0.5) is 17.2 Å². The Morgan fingerprint density at radius 1 is 1.08 bits per heavy atom. The lowest BCUT2D eigenvalue weighted by Crippen LogP contribution is -2.12. The number of aromatic nitrogens is 1. The first-order valence-corrected chi connectivity index (χ1v) is 8.55. The molecule has 0 aliphatic rings. The summed E-state index contributed by atoms with van der Waals surface area (Å²) in [4.78, 5) is 16.6. The van der Waals surface area contributed by atoms with Gasteiger partial charge >= 0.3 is 0 Å². The first-order chi connectivity index (χ1) is 12.7. The van der Waals surface area contributed by atoms with Gasteiger partial charge in [0.15, 0.2) is 0 Å². The number of anilines is 3. The number of nitrogens with zero attached hydrogens (tertiary/aromatic N) is 1. The number of hydrogen-bond acceptors (Lipinski definition) is 4. The monoisotopic (exact) mass is 367 g/mol. The third-order valence-corrected chi connectivity index (χ3v) is 3.83. The highest BCUT2D eigenvalue weighted by Crippen LogP contribution is 2.26. The van der Waals surface area contributed by atoms with Crippen molar-refractivity contribution >= 4 is 34.7 Å². The van der Waals surface area contributed by atoms with E-state index in [2.05, 4.69) is 15.6 Å². The molecule has 6 heteroatoms. The molecule has 0 atom stereocenters. The largest absolute Gasteiger partial charge is 0.492 e. The Balaban J connectivity index is 1.68. The highest BCUT2D eigenvalue weighted by Gasteiger charge is 2.08. The molecule has 0 bridgehead atoms. The molecule has 0 aliphatic carbocycles. The predicted molar refractivity (Wildman–Crippen MR) is 105 cm³/mol. The highest BCUT2D eigenvalue weighted by molar-refractivity contribution is 6.30.